The van der Waals surface area contributed by atoms with Crippen molar-refractivity contribution in [2.24, 2.45) is 0 Å². The Morgan fingerprint density at radius 2 is 1.62 bits per heavy atom. The Bertz CT molecular complexity index is 632. The zero-order chi connectivity index (χ0) is 18.5. The Hall–Kier alpha value is -2.16. The van der Waals surface area contributed by atoms with Gasteiger partial charge in [0.2, 0.25) is 0 Å². The number of hydrogen-bond donors (Lipinski definition) is 0. The molecule has 0 saturated carbocycles. The maximum atomic E-state index is 5.74. The second-order valence-corrected chi connectivity index (χ2v) is 6.62. The fourth-order valence-corrected chi connectivity index (χ4v) is 2.80. The van der Waals surface area contributed by atoms with Crippen molar-refractivity contribution in [3.05, 3.63) is 54.4 Å². The third kappa shape index (κ3) is 7.38. The minimum absolute atomic E-state index is 0.708. The maximum absolute atomic E-state index is 5.74. The summed E-state index contributed by atoms with van der Waals surface area (Å²) in [5, 5.41) is 0. The molecule has 0 aliphatic rings. The number of allylic oxidation sites excluding steroid dienone is 1. The molecule has 1 aromatic heterocycles. The van der Waals surface area contributed by atoms with E-state index < -0.39 is 0 Å². The Kier molecular flexibility index (Phi) is 9.48. The van der Waals surface area contributed by atoms with Gasteiger partial charge >= 0.3 is 0 Å². The quantitative estimate of drug-likeness (QED) is 0.328. The lowest BCUT2D eigenvalue weighted by atomic mass is 10.1. The van der Waals surface area contributed by atoms with Gasteiger partial charge in [-0.2, -0.15) is 0 Å². The van der Waals surface area contributed by atoms with E-state index in [4.69, 9.17) is 4.74 Å². The van der Waals surface area contributed by atoms with E-state index >= 15 is 0 Å². The third-order valence-corrected chi connectivity index (χ3v) is 4.34. The molecule has 1 aromatic carbocycles. The van der Waals surface area contributed by atoms with Crippen LogP contribution in [0.2, 0.25) is 0 Å². The lowest BCUT2D eigenvalue weighted by molar-refractivity contribution is 0.325. The van der Waals surface area contributed by atoms with Crippen LogP contribution in [-0.4, -0.2) is 16.6 Å². The molecule has 1 heterocycles. The maximum Gasteiger partial charge on any atom is 0.159 e. The van der Waals surface area contributed by atoms with Crippen LogP contribution in [0.3, 0.4) is 0 Å². The normalized spacial score (nSPS) is 11.2. The summed E-state index contributed by atoms with van der Waals surface area (Å²) in [4.78, 5) is 9.06. The van der Waals surface area contributed by atoms with Crippen molar-refractivity contribution in [2.75, 3.05) is 6.61 Å². The summed E-state index contributed by atoms with van der Waals surface area (Å²) in [7, 11) is 0. The first-order valence-electron chi connectivity index (χ1n) is 10.0. The van der Waals surface area contributed by atoms with Crippen molar-refractivity contribution in [3.8, 4) is 17.1 Å². The first-order valence-corrected chi connectivity index (χ1v) is 10.0. The number of ether oxygens (including phenoxy) is 1. The van der Waals surface area contributed by atoms with E-state index in [0.29, 0.717) is 6.61 Å². The van der Waals surface area contributed by atoms with Crippen LogP contribution in [0.25, 0.3) is 11.4 Å². The van der Waals surface area contributed by atoms with Gasteiger partial charge in [-0.15, -0.1) is 0 Å². The first kappa shape index (κ1) is 20.2. The molecule has 3 nitrogen and oxygen atoms in total. The van der Waals surface area contributed by atoms with Crippen LogP contribution >= 0.6 is 0 Å². The van der Waals surface area contributed by atoms with Crippen molar-refractivity contribution in [1.82, 2.24) is 9.97 Å². The molecule has 0 radical (unpaired) electrons. The molecule has 0 aliphatic carbocycles. The number of rotatable bonds is 12. The predicted molar refractivity (Wildman–Crippen MR) is 109 cm³/mol. The standard InChI is InChI=1S/C23H32N2O/c1-3-5-7-9-10-12-20-18-24-23(25-19-20)21-13-15-22(16-14-21)26-17-11-8-6-4-2/h6,8,13-16,18-19H,3-5,7,9-12,17H2,1-2H3. The molecule has 2 aromatic rings. The van der Waals surface area contributed by atoms with Gasteiger partial charge in [-0.25, -0.2) is 9.97 Å². The largest absolute Gasteiger partial charge is 0.493 e. The molecule has 0 aliphatic heterocycles. The summed E-state index contributed by atoms with van der Waals surface area (Å²) in [5.74, 6) is 1.67. The molecule has 0 amide bonds. The van der Waals surface area contributed by atoms with Crippen molar-refractivity contribution in [1.29, 1.82) is 0 Å². The van der Waals surface area contributed by atoms with Crippen molar-refractivity contribution in [2.45, 2.75) is 65.2 Å². The van der Waals surface area contributed by atoms with Gasteiger partial charge in [-0.3, -0.25) is 0 Å². The first-order chi connectivity index (χ1) is 12.8. The van der Waals surface area contributed by atoms with E-state index in [0.717, 1.165) is 36.4 Å². The Labute approximate surface area is 158 Å². The summed E-state index contributed by atoms with van der Waals surface area (Å²) < 4.78 is 5.74. The third-order valence-electron chi connectivity index (χ3n) is 4.34. The molecule has 0 unspecified atom stereocenters. The van der Waals surface area contributed by atoms with Crippen LogP contribution in [0.1, 0.15) is 64.4 Å². The summed E-state index contributed by atoms with van der Waals surface area (Å²) >= 11 is 0. The highest BCUT2D eigenvalue weighted by Gasteiger charge is 2.03. The summed E-state index contributed by atoms with van der Waals surface area (Å²) in [5.41, 5.74) is 2.25. The van der Waals surface area contributed by atoms with Gasteiger partial charge in [0.15, 0.2) is 5.82 Å². The number of nitrogens with zero attached hydrogens (tertiary/aromatic N) is 2. The van der Waals surface area contributed by atoms with E-state index in [1.807, 2.05) is 36.7 Å². The second-order valence-electron chi connectivity index (χ2n) is 6.62. The monoisotopic (exact) mass is 352 g/mol. The predicted octanol–water partition coefficient (Wildman–Crippen LogP) is 6.39. The van der Waals surface area contributed by atoms with Crippen LogP contribution in [0, 0.1) is 0 Å². The Morgan fingerprint density at radius 1 is 0.885 bits per heavy atom. The molecule has 0 saturated heterocycles. The lowest BCUT2D eigenvalue weighted by Crippen LogP contribution is -1.96. The molecule has 0 N–H and O–H groups in total. The molecule has 140 valence electrons. The molecule has 0 fully saturated rings. The van der Waals surface area contributed by atoms with Gasteiger partial charge in [0.25, 0.3) is 0 Å². The molecular formula is C23H32N2O. The Balaban J connectivity index is 1.80. The zero-order valence-corrected chi connectivity index (χ0v) is 16.3. The zero-order valence-electron chi connectivity index (χ0n) is 16.3. The lowest BCUT2D eigenvalue weighted by Gasteiger charge is -2.06. The number of hydrogen-bond acceptors (Lipinski definition) is 3. The molecule has 0 spiro atoms. The van der Waals surface area contributed by atoms with Crippen LogP contribution in [0.15, 0.2) is 48.8 Å². The summed E-state index contributed by atoms with van der Waals surface area (Å²) in [6, 6.07) is 8.03. The smallest absolute Gasteiger partial charge is 0.159 e. The number of aromatic nitrogens is 2. The van der Waals surface area contributed by atoms with Gasteiger partial charge in [0, 0.05) is 18.0 Å². The molecule has 3 heteroatoms. The highest BCUT2D eigenvalue weighted by atomic mass is 16.5. The van der Waals surface area contributed by atoms with Crippen LogP contribution < -0.4 is 4.74 Å². The topological polar surface area (TPSA) is 35.0 Å². The molecule has 0 bridgehead atoms. The van der Waals surface area contributed by atoms with Gasteiger partial charge in [-0.05, 0) is 55.5 Å². The highest BCUT2D eigenvalue weighted by Crippen LogP contribution is 2.19. The van der Waals surface area contributed by atoms with Crippen LogP contribution in [0.4, 0.5) is 0 Å². The fraction of sp³-hybridized carbons (Fsp3) is 0.478. The van der Waals surface area contributed by atoms with E-state index in [-0.39, 0.29) is 0 Å². The number of unbranched alkanes of at least 4 members (excludes halogenated alkanes) is 4. The van der Waals surface area contributed by atoms with Crippen molar-refractivity contribution < 1.29 is 4.74 Å². The van der Waals surface area contributed by atoms with E-state index in [2.05, 4.69) is 36.0 Å². The van der Waals surface area contributed by atoms with Crippen LogP contribution in [0.5, 0.6) is 5.75 Å². The highest BCUT2D eigenvalue weighted by molar-refractivity contribution is 5.55. The second kappa shape index (κ2) is 12.2. The number of benzene rings is 1. The van der Waals surface area contributed by atoms with Gasteiger partial charge in [-0.1, -0.05) is 51.7 Å². The molecule has 2 rings (SSSR count). The van der Waals surface area contributed by atoms with Crippen molar-refractivity contribution >= 4 is 0 Å². The van der Waals surface area contributed by atoms with E-state index in [1.165, 1.54) is 37.7 Å². The minimum atomic E-state index is 0.708. The SMILES string of the molecule is CCC=CCCOc1ccc(-c2ncc(CCCCCCC)cn2)cc1. The van der Waals surface area contributed by atoms with E-state index in [9.17, 15) is 0 Å². The fourth-order valence-electron chi connectivity index (χ4n) is 2.80. The van der Waals surface area contributed by atoms with Crippen molar-refractivity contribution in [3.63, 3.8) is 0 Å². The molecule has 26 heavy (non-hydrogen) atoms. The van der Waals surface area contributed by atoms with E-state index in [1.54, 1.807) is 0 Å². The average Bonchev–Trinajstić information content (AvgIpc) is 2.69. The summed E-state index contributed by atoms with van der Waals surface area (Å²) in [6.45, 7) is 5.09. The molecule has 0 atom stereocenters. The Morgan fingerprint density at radius 3 is 2.31 bits per heavy atom. The van der Waals surface area contributed by atoms with Gasteiger partial charge in [0.1, 0.15) is 5.75 Å². The van der Waals surface area contributed by atoms with Gasteiger partial charge < -0.3 is 4.74 Å². The van der Waals surface area contributed by atoms with Crippen LogP contribution in [-0.2, 0) is 6.42 Å². The summed E-state index contributed by atoms with van der Waals surface area (Å²) in [6.07, 6.45) is 17.8. The molecular weight excluding hydrogens is 320 g/mol. The average molecular weight is 353 g/mol. The van der Waals surface area contributed by atoms with Gasteiger partial charge in [0.05, 0.1) is 6.61 Å². The minimum Gasteiger partial charge on any atom is -0.493 e. The number of aryl methyl sites for hydroxylation is 1.